The molecule has 0 aromatic heterocycles. The summed E-state index contributed by atoms with van der Waals surface area (Å²) in [5, 5.41) is 10.5. The van der Waals surface area contributed by atoms with Crippen LogP contribution in [0.3, 0.4) is 0 Å². The lowest BCUT2D eigenvalue weighted by molar-refractivity contribution is 0.683. The predicted molar refractivity (Wildman–Crippen MR) is 92.8 cm³/mol. The Hall–Kier alpha value is -0.900. The van der Waals surface area contributed by atoms with Gasteiger partial charge in [0.15, 0.2) is 0 Å². The molecule has 0 aliphatic carbocycles. The average molecular weight is 291 g/mol. The van der Waals surface area contributed by atoms with Gasteiger partial charge in [0.05, 0.1) is 0 Å². The number of benzene rings is 1. The summed E-state index contributed by atoms with van der Waals surface area (Å²) in [4.78, 5) is 0. The average Bonchev–Trinajstić information content (AvgIpc) is 2.47. The fourth-order valence-corrected chi connectivity index (χ4v) is 2.94. The minimum absolute atomic E-state index is 0.965. The van der Waals surface area contributed by atoms with Crippen LogP contribution in [0.2, 0.25) is 0 Å². The molecule has 3 nitrogen and oxygen atoms in total. The van der Waals surface area contributed by atoms with E-state index in [0.29, 0.717) is 0 Å². The summed E-state index contributed by atoms with van der Waals surface area (Å²) in [6.45, 7) is 19.2. The van der Waals surface area contributed by atoms with Crippen LogP contribution in [0.5, 0.6) is 0 Å². The van der Waals surface area contributed by atoms with Gasteiger partial charge in [-0.1, -0.05) is 20.8 Å². The highest BCUT2D eigenvalue weighted by Crippen LogP contribution is 2.27. The van der Waals surface area contributed by atoms with Gasteiger partial charge in [0.25, 0.3) is 0 Å². The molecule has 0 fully saturated rings. The first kappa shape index (κ1) is 18.1. The van der Waals surface area contributed by atoms with Crippen molar-refractivity contribution in [3.63, 3.8) is 0 Å². The van der Waals surface area contributed by atoms with Gasteiger partial charge in [-0.05, 0) is 73.8 Å². The summed E-state index contributed by atoms with van der Waals surface area (Å²) in [6, 6.07) is 0. The first-order chi connectivity index (χ1) is 10.1. The monoisotopic (exact) mass is 291 g/mol. The van der Waals surface area contributed by atoms with Gasteiger partial charge in [-0.15, -0.1) is 0 Å². The summed E-state index contributed by atoms with van der Waals surface area (Å²) >= 11 is 0. The highest BCUT2D eigenvalue weighted by Gasteiger charge is 2.16. The van der Waals surface area contributed by atoms with Crippen LogP contribution in [0.15, 0.2) is 0 Å². The molecule has 120 valence electrons. The maximum Gasteiger partial charge on any atom is 0.0210 e. The van der Waals surface area contributed by atoms with Crippen LogP contribution in [-0.4, -0.2) is 19.6 Å². The first-order valence-corrected chi connectivity index (χ1v) is 8.30. The Morgan fingerprint density at radius 1 is 0.524 bits per heavy atom. The molecule has 0 bridgehead atoms. The summed E-state index contributed by atoms with van der Waals surface area (Å²) in [5.74, 6) is 0. The van der Waals surface area contributed by atoms with E-state index in [9.17, 15) is 0 Å². The Morgan fingerprint density at radius 2 is 0.762 bits per heavy atom. The van der Waals surface area contributed by atoms with E-state index in [2.05, 4.69) is 57.5 Å². The second-order valence-corrected chi connectivity index (χ2v) is 5.65. The maximum atomic E-state index is 3.49. The minimum Gasteiger partial charge on any atom is -0.313 e. The van der Waals surface area contributed by atoms with Crippen LogP contribution in [0.1, 0.15) is 54.2 Å². The van der Waals surface area contributed by atoms with Crippen molar-refractivity contribution in [2.45, 2.75) is 61.2 Å². The Kier molecular flexibility index (Phi) is 7.94. The molecule has 0 aliphatic heterocycles. The van der Waals surface area contributed by atoms with Crippen molar-refractivity contribution in [1.82, 2.24) is 16.0 Å². The highest BCUT2D eigenvalue weighted by atomic mass is 14.9. The number of rotatable bonds is 9. The Bertz CT molecular complexity index is 365. The molecule has 0 spiro atoms. The van der Waals surface area contributed by atoms with Crippen LogP contribution in [0.4, 0.5) is 0 Å². The quantitative estimate of drug-likeness (QED) is 0.655. The van der Waals surface area contributed by atoms with E-state index in [0.717, 1.165) is 39.3 Å². The number of hydrogen-bond donors (Lipinski definition) is 3. The Balaban J connectivity index is 3.27. The van der Waals surface area contributed by atoms with Gasteiger partial charge in [0.1, 0.15) is 0 Å². The van der Waals surface area contributed by atoms with Crippen LogP contribution < -0.4 is 16.0 Å². The molecule has 1 rings (SSSR count). The predicted octanol–water partition coefficient (Wildman–Crippen LogP) is 2.94. The molecular formula is C18H33N3. The molecule has 0 atom stereocenters. The van der Waals surface area contributed by atoms with E-state index < -0.39 is 0 Å². The van der Waals surface area contributed by atoms with Gasteiger partial charge in [-0.3, -0.25) is 0 Å². The van der Waals surface area contributed by atoms with E-state index in [1.807, 2.05) is 0 Å². The highest BCUT2D eigenvalue weighted by molar-refractivity contribution is 5.50. The van der Waals surface area contributed by atoms with Gasteiger partial charge >= 0.3 is 0 Å². The molecule has 1 aromatic rings. The third-order valence-corrected chi connectivity index (χ3v) is 4.37. The van der Waals surface area contributed by atoms with Gasteiger partial charge in [0, 0.05) is 19.6 Å². The van der Waals surface area contributed by atoms with Crippen molar-refractivity contribution in [2.24, 2.45) is 0 Å². The first-order valence-electron chi connectivity index (χ1n) is 8.30. The zero-order valence-electron chi connectivity index (χ0n) is 14.7. The zero-order valence-corrected chi connectivity index (χ0v) is 14.7. The molecule has 0 amide bonds. The number of hydrogen-bond acceptors (Lipinski definition) is 3. The van der Waals surface area contributed by atoms with Crippen molar-refractivity contribution in [3.05, 3.63) is 33.4 Å². The van der Waals surface area contributed by atoms with Crippen molar-refractivity contribution >= 4 is 0 Å². The van der Waals surface area contributed by atoms with Gasteiger partial charge in [-0.25, -0.2) is 0 Å². The van der Waals surface area contributed by atoms with Crippen molar-refractivity contribution in [3.8, 4) is 0 Å². The van der Waals surface area contributed by atoms with E-state index in [1.165, 1.54) is 33.4 Å². The summed E-state index contributed by atoms with van der Waals surface area (Å²) in [5.41, 5.74) is 8.78. The Morgan fingerprint density at radius 3 is 0.952 bits per heavy atom. The second-order valence-electron chi connectivity index (χ2n) is 5.65. The fraction of sp³-hybridized carbons (Fsp3) is 0.667. The summed E-state index contributed by atoms with van der Waals surface area (Å²) < 4.78 is 0. The SMILES string of the molecule is CCNCc1c(C)c(CNCC)c(C)c(CNCC)c1C. The largest absolute Gasteiger partial charge is 0.313 e. The number of nitrogens with one attached hydrogen (secondary N) is 3. The molecule has 0 saturated carbocycles. The molecular weight excluding hydrogens is 258 g/mol. The van der Waals surface area contributed by atoms with E-state index in [1.54, 1.807) is 0 Å². The lowest BCUT2D eigenvalue weighted by atomic mass is 9.88. The van der Waals surface area contributed by atoms with Crippen LogP contribution in [0, 0.1) is 20.8 Å². The molecule has 0 heterocycles. The molecule has 0 aliphatic rings. The normalized spacial score (nSPS) is 11.1. The zero-order chi connectivity index (χ0) is 15.8. The lowest BCUT2D eigenvalue weighted by Gasteiger charge is -2.23. The maximum absolute atomic E-state index is 3.49. The molecule has 0 radical (unpaired) electrons. The molecule has 3 N–H and O–H groups in total. The van der Waals surface area contributed by atoms with E-state index in [-0.39, 0.29) is 0 Å². The minimum atomic E-state index is 0.965. The van der Waals surface area contributed by atoms with Crippen LogP contribution >= 0.6 is 0 Å². The molecule has 0 unspecified atom stereocenters. The van der Waals surface area contributed by atoms with Crippen LogP contribution in [0.25, 0.3) is 0 Å². The van der Waals surface area contributed by atoms with E-state index >= 15 is 0 Å². The fourth-order valence-electron chi connectivity index (χ4n) is 2.94. The smallest absolute Gasteiger partial charge is 0.0210 e. The van der Waals surface area contributed by atoms with Crippen molar-refractivity contribution in [2.75, 3.05) is 19.6 Å². The van der Waals surface area contributed by atoms with Gasteiger partial charge in [-0.2, -0.15) is 0 Å². The summed E-state index contributed by atoms with van der Waals surface area (Å²) in [6.07, 6.45) is 0. The topological polar surface area (TPSA) is 36.1 Å². The molecule has 21 heavy (non-hydrogen) atoms. The molecule has 1 aromatic carbocycles. The van der Waals surface area contributed by atoms with Crippen LogP contribution in [-0.2, 0) is 19.6 Å². The Labute approximate surface area is 130 Å². The molecule has 0 saturated heterocycles. The van der Waals surface area contributed by atoms with Gasteiger partial charge < -0.3 is 16.0 Å². The lowest BCUT2D eigenvalue weighted by Crippen LogP contribution is -2.22. The molecule has 3 heteroatoms. The van der Waals surface area contributed by atoms with Crippen molar-refractivity contribution < 1.29 is 0 Å². The third kappa shape index (κ3) is 4.53. The summed E-state index contributed by atoms with van der Waals surface area (Å²) in [7, 11) is 0. The van der Waals surface area contributed by atoms with E-state index in [4.69, 9.17) is 0 Å². The van der Waals surface area contributed by atoms with Gasteiger partial charge in [0.2, 0.25) is 0 Å². The third-order valence-electron chi connectivity index (χ3n) is 4.37. The second kappa shape index (κ2) is 9.19. The van der Waals surface area contributed by atoms with Crippen molar-refractivity contribution in [1.29, 1.82) is 0 Å². The standard InChI is InChI=1S/C18H33N3/c1-7-19-10-16-13(4)17(11-20-8-2)15(6)18(14(16)5)12-21-9-3/h19-21H,7-12H2,1-6H3.